The number of imidazole rings is 1. The third-order valence-electron chi connectivity index (χ3n) is 4.05. The summed E-state index contributed by atoms with van der Waals surface area (Å²) in [6.45, 7) is -0.894. The Morgan fingerprint density at radius 2 is 1.73 bits per heavy atom. The molecule has 0 aromatic carbocycles. The Kier molecular flexibility index (Phi) is 19.2. The molecule has 37 heavy (non-hydrogen) atoms. The first-order chi connectivity index (χ1) is 15.1. The fraction of sp³-hybridized carbons (Fsp3) is 0.545. The van der Waals surface area contributed by atoms with E-state index >= 15 is 0 Å². The van der Waals surface area contributed by atoms with Gasteiger partial charge in [-0.3, -0.25) is 17.8 Å². The molecule has 0 spiro atoms. The van der Waals surface area contributed by atoms with Crippen molar-refractivity contribution < 1.29 is 175 Å². The molecule has 1 fully saturated rings. The summed E-state index contributed by atoms with van der Waals surface area (Å²) in [6.07, 6.45) is -3.06. The van der Waals surface area contributed by atoms with Gasteiger partial charge in [-0.2, -0.15) is 0 Å². The van der Waals surface area contributed by atoms with Crippen LogP contribution in [0.25, 0.3) is 11.2 Å². The average molecular weight is 636 g/mol. The second kappa shape index (κ2) is 16.8. The van der Waals surface area contributed by atoms with Crippen LogP contribution in [0.2, 0.25) is 0 Å². The minimum absolute atomic E-state index is 0. The molecule has 2 aromatic rings. The van der Waals surface area contributed by atoms with E-state index in [-0.39, 0.29) is 135 Å². The Balaban J connectivity index is 0. The van der Waals surface area contributed by atoms with E-state index in [4.69, 9.17) is 18.0 Å². The quantitative estimate of drug-likeness (QED) is 0.0998. The van der Waals surface area contributed by atoms with E-state index in [0.29, 0.717) is 5.16 Å². The number of rotatable bonds is 9. The predicted octanol–water partition coefficient (Wildman–Crippen LogP) is -14.6. The minimum atomic E-state index is -6.06. The molecule has 1 saturated heterocycles. The van der Waals surface area contributed by atoms with Crippen molar-refractivity contribution in [1.82, 2.24) is 19.5 Å². The molecule has 17 nitrogen and oxygen atoms in total. The fourth-order valence-electron chi connectivity index (χ4n) is 2.77. The molecule has 3 rings (SSSR count). The molecule has 3 radical (unpaired) electrons. The van der Waals surface area contributed by atoms with E-state index in [1.165, 1.54) is 22.7 Å². The van der Waals surface area contributed by atoms with Crippen molar-refractivity contribution in [3.8, 4) is 0 Å². The standard InChI is InChI=1S/C11H17BN5O12P3S.4Na/c1-33-11-15-8(13)5-9(16-11)17(3-14-5)10-7(19)6(18)4(27-10)2-26-30(12,20)28-32(24,25)29-31(21,22)23;;;;/h3-4,6-7,10,18-19H,2H2,1H3,(H,24,25)(H2,13,15,16)(H2,21,22,23);;;;/q-1;4*+1/p-3/t4-,6-,7-,10-,30-;;;;/m1..../s1. The summed E-state index contributed by atoms with van der Waals surface area (Å²) < 4.78 is 52.0. The van der Waals surface area contributed by atoms with Gasteiger partial charge in [0.15, 0.2) is 22.8 Å². The van der Waals surface area contributed by atoms with Crippen LogP contribution >= 0.6 is 34.9 Å². The molecule has 6 atom stereocenters. The monoisotopic (exact) mass is 636 g/mol. The predicted molar refractivity (Wildman–Crippen MR) is 104 cm³/mol. The molecule has 3 heterocycles. The Bertz CT molecular complexity index is 1200. The van der Waals surface area contributed by atoms with Gasteiger partial charge >= 0.3 is 118 Å². The molecule has 26 heteroatoms. The summed E-state index contributed by atoms with van der Waals surface area (Å²) in [4.78, 5) is 44.4. The van der Waals surface area contributed by atoms with Crippen LogP contribution in [0, 0.1) is 0 Å². The van der Waals surface area contributed by atoms with Gasteiger partial charge in [0, 0.05) is 0 Å². The van der Waals surface area contributed by atoms with E-state index < -0.39 is 54.3 Å². The van der Waals surface area contributed by atoms with Crippen molar-refractivity contribution in [3.05, 3.63) is 6.33 Å². The number of aliphatic hydroxyl groups is 2. The first-order valence-corrected chi connectivity index (χ1v) is 14.2. The van der Waals surface area contributed by atoms with Gasteiger partial charge in [0.05, 0.1) is 28.2 Å². The maximum absolute atomic E-state index is 12.0. The summed E-state index contributed by atoms with van der Waals surface area (Å²) in [6, 6.07) is 0. The van der Waals surface area contributed by atoms with Gasteiger partial charge < -0.3 is 56.6 Å². The molecule has 0 saturated carbocycles. The number of anilines is 1. The topological polar surface area (TPSA) is 267 Å². The molecule has 2 aromatic heterocycles. The average Bonchev–Trinajstić information content (AvgIpc) is 3.19. The van der Waals surface area contributed by atoms with E-state index in [1.54, 1.807) is 6.26 Å². The second-order valence-electron chi connectivity index (χ2n) is 6.36. The zero-order chi connectivity index (χ0) is 24.8. The first-order valence-electron chi connectivity index (χ1n) is 8.47. The number of nitrogens with zero attached hydrogens (tertiary/aromatic N) is 4. The summed E-state index contributed by atoms with van der Waals surface area (Å²) in [5.41, 5.74) is 6.19. The van der Waals surface area contributed by atoms with E-state index in [9.17, 15) is 38.6 Å². The van der Waals surface area contributed by atoms with E-state index in [1.807, 2.05) is 0 Å². The fourth-order valence-corrected chi connectivity index (χ4v) is 6.16. The summed E-state index contributed by atoms with van der Waals surface area (Å²) in [5, 5.41) is 20.9. The van der Waals surface area contributed by atoms with Gasteiger partial charge in [0.25, 0.3) is 7.82 Å². The molecule has 0 bridgehead atoms. The maximum atomic E-state index is 12.0. The van der Waals surface area contributed by atoms with E-state index in [2.05, 4.69) is 28.1 Å². The number of hydrogen-bond acceptors (Lipinski definition) is 17. The number of nitrogen functional groups attached to an aromatic ring is 1. The smallest absolute Gasteiger partial charge is 0.790 e. The van der Waals surface area contributed by atoms with Crippen LogP contribution in [-0.4, -0.2) is 68.5 Å². The van der Waals surface area contributed by atoms with Gasteiger partial charge in [0.1, 0.15) is 23.8 Å². The second-order valence-corrected chi connectivity index (χ2v) is 11.6. The molecular formula is C11H14BN5Na4O12P3S. The Morgan fingerprint density at radius 1 is 1.14 bits per heavy atom. The van der Waals surface area contributed by atoms with Crippen molar-refractivity contribution in [1.29, 1.82) is 0 Å². The van der Waals surface area contributed by atoms with Crippen LogP contribution in [0.15, 0.2) is 11.5 Å². The SMILES string of the molecule is [B-][P@@](=O)(OC[C@H]1O[C@@H](n2cnc3c(N)nc(SC)nc32)[C@H](O)[C@@H]1O)OP(=O)([O-])OP(=O)([O-])[O-].[Na+].[Na+].[Na+].[Na+]. The molecule has 4 N–H and O–H groups in total. The van der Waals surface area contributed by atoms with Gasteiger partial charge in [-0.05, 0) is 6.26 Å². The number of fused-ring (bicyclic) bond motifs is 1. The number of aromatic nitrogens is 4. The number of thioether (sulfide) groups is 1. The van der Waals surface area contributed by atoms with Crippen LogP contribution in [-0.2, 0) is 31.6 Å². The van der Waals surface area contributed by atoms with Crippen molar-refractivity contribution in [2.45, 2.75) is 29.7 Å². The van der Waals surface area contributed by atoms with Gasteiger partial charge in [-0.15, -0.1) is 0 Å². The molecule has 183 valence electrons. The van der Waals surface area contributed by atoms with Crippen molar-refractivity contribution in [2.75, 3.05) is 18.6 Å². The maximum Gasteiger partial charge on any atom is 1.00 e. The third kappa shape index (κ3) is 11.6. The summed E-state index contributed by atoms with van der Waals surface area (Å²) in [7, 11) is -12.0. The molecule has 0 amide bonds. The van der Waals surface area contributed by atoms with Crippen LogP contribution in [0.3, 0.4) is 0 Å². The van der Waals surface area contributed by atoms with Crippen LogP contribution in [0.5, 0.6) is 0 Å². The van der Waals surface area contributed by atoms with Gasteiger partial charge in [0.2, 0.25) is 0 Å². The van der Waals surface area contributed by atoms with Crippen molar-refractivity contribution in [3.63, 3.8) is 0 Å². The van der Waals surface area contributed by atoms with Crippen molar-refractivity contribution >= 4 is 59.4 Å². The molecule has 1 aliphatic rings. The largest absolute Gasteiger partial charge is 1.00 e. The summed E-state index contributed by atoms with van der Waals surface area (Å²) >= 11 is 1.18. The molecule has 1 unspecified atom stereocenters. The Labute approximate surface area is 304 Å². The number of aliphatic hydroxyl groups excluding tert-OH is 2. The molecular weight excluding hydrogens is 622 g/mol. The number of hydrogen-bond donors (Lipinski definition) is 3. The first kappa shape index (κ1) is 42.2. The zero-order valence-corrected chi connectivity index (χ0v) is 31.8. The normalized spacial score (nSPS) is 24.5. The van der Waals surface area contributed by atoms with Crippen LogP contribution in [0.4, 0.5) is 5.82 Å². The van der Waals surface area contributed by atoms with Crippen molar-refractivity contribution in [2.24, 2.45) is 0 Å². The molecule has 0 aliphatic carbocycles. The van der Waals surface area contributed by atoms with Gasteiger partial charge in [-0.25, -0.2) is 15.0 Å². The van der Waals surface area contributed by atoms with Gasteiger partial charge in [-0.1, -0.05) is 11.8 Å². The third-order valence-corrected chi connectivity index (χ3v) is 8.42. The van der Waals surface area contributed by atoms with E-state index in [0.717, 1.165) is 0 Å². The zero-order valence-electron chi connectivity index (χ0n) is 20.3. The Hall–Kier alpha value is 3.09. The number of nitrogens with two attached hydrogens (primary N) is 1. The number of ether oxygens (including phenoxy) is 1. The van der Waals surface area contributed by atoms with Crippen LogP contribution in [0.1, 0.15) is 6.23 Å². The molecule has 1 aliphatic heterocycles. The Morgan fingerprint density at radius 3 is 2.27 bits per heavy atom. The van der Waals surface area contributed by atoms with Crippen LogP contribution < -0.4 is 139 Å². The number of phosphoric acid groups is 2. The summed E-state index contributed by atoms with van der Waals surface area (Å²) in [5.74, 6) is 0.0576. The minimum Gasteiger partial charge on any atom is -0.790 e.